The van der Waals surface area contributed by atoms with Gasteiger partial charge in [-0.05, 0) is 43.7 Å². The molecule has 0 unspecified atom stereocenters. The number of anilines is 1. The monoisotopic (exact) mass is 363 g/mol. The van der Waals surface area contributed by atoms with Gasteiger partial charge in [-0.25, -0.2) is 4.98 Å². The van der Waals surface area contributed by atoms with Crippen LogP contribution in [-0.4, -0.2) is 28.9 Å². The molecule has 0 aliphatic heterocycles. The van der Waals surface area contributed by atoms with Gasteiger partial charge in [-0.1, -0.05) is 30.3 Å². The number of rotatable bonds is 8. The summed E-state index contributed by atoms with van der Waals surface area (Å²) < 4.78 is 5.45. The lowest BCUT2D eigenvalue weighted by Crippen LogP contribution is -2.30. The van der Waals surface area contributed by atoms with Crippen LogP contribution >= 0.6 is 0 Å². The standard InChI is InChI=1S/C22H25N3O2/c1-3-24(4-2)21-13-12-19(15-23-21)22(26)25(17-20-11-8-14-27-20)16-18-9-6-5-7-10-18/h5-15H,3-4,16-17H2,1-2H3. The lowest BCUT2D eigenvalue weighted by Gasteiger charge is -2.23. The molecule has 27 heavy (non-hydrogen) atoms. The minimum atomic E-state index is -0.0612. The molecule has 2 aromatic heterocycles. The summed E-state index contributed by atoms with van der Waals surface area (Å²) in [6.45, 7) is 6.88. The van der Waals surface area contributed by atoms with Gasteiger partial charge < -0.3 is 14.2 Å². The van der Waals surface area contributed by atoms with Gasteiger partial charge in [0.1, 0.15) is 11.6 Å². The highest BCUT2D eigenvalue weighted by Crippen LogP contribution is 2.16. The summed E-state index contributed by atoms with van der Waals surface area (Å²) in [5, 5.41) is 0. The molecule has 0 saturated heterocycles. The molecule has 1 amide bonds. The van der Waals surface area contributed by atoms with Crippen LogP contribution in [0.2, 0.25) is 0 Å². The van der Waals surface area contributed by atoms with E-state index in [4.69, 9.17) is 4.42 Å². The molecule has 0 bridgehead atoms. The van der Waals surface area contributed by atoms with Gasteiger partial charge >= 0.3 is 0 Å². The first-order chi connectivity index (χ1) is 13.2. The van der Waals surface area contributed by atoms with Crippen molar-refractivity contribution >= 4 is 11.7 Å². The average molecular weight is 363 g/mol. The number of hydrogen-bond acceptors (Lipinski definition) is 4. The molecule has 140 valence electrons. The van der Waals surface area contributed by atoms with Crippen molar-refractivity contribution in [3.8, 4) is 0 Å². The Morgan fingerprint density at radius 1 is 0.963 bits per heavy atom. The Labute approximate surface area is 160 Å². The Bertz CT molecular complexity index is 826. The lowest BCUT2D eigenvalue weighted by atomic mass is 10.1. The number of hydrogen-bond donors (Lipinski definition) is 0. The molecule has 5 heteroatoms. The van der Waals surface area contributed by atoms with Crippen molar-refractivity contribution in [2.24, 2.45) is 0 Å². The molecule has 3 rings (SSSR count). The summed E-state index contributed by atoms with van der Waals surface area (Å²) in [4.78, 5) is 21.5. The van der Waals surface area contributed by atoms with E-state index in [9.17, 15) is 4.79 Å². The number of aromatic nitrogens is 1. The minimum Gasteiger partial charge on any atom is -0.467 e. The topological polar surface area (TPSA) is 49.6 Å². The highest BCUT2D eigenvalue weighted by atomic mass is 16.3. The Balaban J connectivity index is 1.81. The van der Waals surface area contributed by atoms with Crippen molar-refractivity contribution in [3.63, 3.8) is 0 Å². The van der Waals surface area contributed by atoms with Gasteiger partial charge in [0.2, 0.25) is 0 Å². The highest BCUT2D eigenvalue weighted by Gasteiger charge is 2.18. The number of amides is 1. The third kappa shape index (κ3) is 4.76. The van der Waals surface area contributed by atoms with Crippen molar-refractivity contribution in [1.29, 1.82) is 0 Å². The Kier molecular flexibility index (Phi) is 6.26. The van der Waals surface area contributed by atoms with Crippen LogP contribution in [0.4, 0.5) is 5.82 Å². The summed E-state index contributed by atoms with van der Waals surface area (Å²) >= 11 is 0. The van der Waals surface area contributed by atoms with Crippen molar-refractivity contribution < 1.29 is 9.21 Å². The fourth-order valence-electron chi connectivity index (χ4n) is 3.02. The smallest absolute Gasteiger partial charge is 0.256 e. The van der Waals surface area contributed by atoms with E-state index in [-0.39, 0.29) is 5.91 Å². The molecule has 2 heterocycles. The predicted molar refractivity (Wildman–Crippen MR) is 107 cm³/mol. The first kappa shape index (κ1) is 18.7. The number of carbonyl (C=O) groups excluding carboxylic acids is 1. The maximum Gasteiger partial charge on any atom is 0.256 e. The van der Waals surface area contributed by atoms with Crippen molar-refractivity contribution in [1.82, 2.24) is 9.88 Å². The SMILES string of the molecule is CCN(CC)c1ccc(C(=O)N(Cc2ccccc2)Cc2ccco2)cn1. The normalized spacial score (nSPS) is 10.6. The van der Waals surface area contributed by atoms with Gasteiger partial charge in [0.25, 0.3) is 5.91 Å². The third-order valence-corrected chi connectivity index (χ3v) is 4.51. The van der Waals surface area contributed by atoms with Crippen LogP contribution in [-0.2, 0) is 13.1 Å². The van der Waals surface area contributed by atoms with Gasteiger partial charge in [-0.3, -0.25) is 4.79 Å². The predicted octanol–water partition coefficient (Wildman–Crippen LogP) is 4.36. The molecule has 0 radical (unpaired) electrons. The van der Waals surface area contributed by atoms with Crippen LogP contribution in [0.3, 0.4) is 0 Å². The van der Waals surface area contributed by atoms with Crippen LogP contribution < -0.4 is 4.90 Å². The van der Waals surface area contributed by atoms with Crippen LogP contribution in [0.25, 0.3) is 0 Å². The van der Waals surface area contributed by atoms with Gasteiger partial charge in [0.15, 0.2) is 0 Å². The van der Waals surface area contributed by atoms with Crippen LogP contribution in [0.1, 0.15) is 35.5 Å². The van der Waals surface area contributed by atoms with E-state index < -0.39 is 0 Å². The molecular weight excluding hydrogens is 338 g/mol. The van der Waals surface area contributed by atoms with E-state index in [0.717, 1.165) is 30.2 Å². The zero-order valence-corrected chi connectivity index (χ0v) is 15.8. The molecule has 3 aromatic rings. The van der Waals surface area contributed by atoms with Crippen molar-refractivity contribution in [2.75, 3.05) is 18.0 Å². The summed E-state index contributed by atoms with van der Waals surface area (Å²) in [7, 11) is 0. The van der Waals surface area contributed by atoms with Crippen molar-refractivity contribution in [2.45, 2.75) is 26.9 Å². The van der Waals surface area contributed by atoms with Gasteiger partial charge in [-0.15, -0.1) is 0 Å². The van der Waals surface area contributed by atoms with Crippen LogP contribution in [0, 0.1) is 0 Å². The summed E-state index contributed by atoms with van der Waals surface area (Å²) in [5.41, 5.74) is 1.65. The number of benzene rings is 1. The lowest BCUT2D eigenvalue weighted by molar-refractivity contribution is 0.0717. The molecule has 1 aromatic carbocycles. The number of nitrogens with zero attached hydrogens (tertiary/aromatic N) is 3. The largest absolute Gasteiger partial charge is 0.467 e. The Morgan fingerprint density at radius 3 is 2.33 bits per heavy atom. The maximum absolute atomic E-state index is 13.1. The van der Waals surface area contributed by atoms with E-state index in [1.165, 1.54) is 0 Å². The molecular formula is C22H25N3O2. The fourth-order valence-corrected chi connectivity index (χ4v) is 3.02. The van der Waals surface area contributed by atoms with Crippen molar-refractivity contribution in [3.05, 3.63) is 83.9 Å². The second-order valence-electron chi connectivity index (χ2n) is 6.30. The Morgan fingerprint density at radius 2 is 1.74 bits per heavy atom. The van der Waals surface area contributed by atoms with E-state index in [0.29, 0.717) is 18.7 Å². The van der Waals surface area contributed by atoms with Crippen LogP contribution in [0.15, 0.2) is 71.5 Å². The second-order valence-corrected chi connectivity index (χ2v) is 6.30. The van der Waals surface area contributed by atoms with Gasteiger partial charge in [0, 0.05) is 25.8 Å². The molecule has 0 spiro atoms. The number of carbonyl (C=O) groups is 1. The van der Waals surface area contributed by atoms with Crippen LogP contribution in [0.5, 0.6) is 0 Å². The summed E-state index contributed by atoms with van der Waals surface area (Å²) in [6, 6.07) is 17.4. The minimum absolute atomic E-state index is 0.0612. The summed E-state index contributed by atoms with van der Waals surface area (Å²) in [5.74, 6) is 1.58. The fraction of sp³-hybridized carbons (Fsp3) is 0.273. The quantitative estimate of drug-likeness (QED) is 0.596. The van der Waals surface area contributed by atoms with Gasteiger partial charge in [-0.2, -0.15) is 0 Å². The van der Waals surface area contributed by atoms with E-state index in [1.54, 1.807) is 17.4 Å². The molecule has 0 fully saturated rings. The number of furan rings is 1. The first-order valence-corrected chi connectivity index (χ1v) is 9.27. The highest BCUT2D eigenvalue weighted by molar-refractivity contribution is 5.94. The second kappa shape index (κ2) is 9.03. The van der Waals surface area contributed by atoms with E-state index >= 15 is 0 Å². The van der Waals surface area contributed by atoms with E-state index in [1.807, 2.05) is 54.6 Å². The molecule has 0 aliphatic carbocycles. The average Bonchev–Trinajstić information content (AvgIpc) is 3.22. The zero-order valence-electron chi connectivity index (χ0n) is 15.8. The maximum atomic E-state index is 13.1. The van der Waals surface area contributed by atoms with E-state index in [2.05, 4.69) is 23.7 Å². The Hall–Kier alpha value is -3.08. The molecule has 5 nitrogen and oxygen atoms in total. The molecule has 0 saturated carbocycles. The van der Waals surface area contributed by atoms with Gasteiger partial charge in [0.05, 0.1) is 18.4 Å². The molecule has 0 aliphatic rings. The molecule has 0 atom stereocenters. The molecule has 0 N–H and O–H groups in total. The first-order valence-electron chi connectivity index (χ1n) is 9.27. The zero-order chi connectivity index (χ0) is 19.1. The number of pyridine rings is 1. The summed E-state index contributed by atoms with van der Waals surface area (Å²) in [6.07, 6.45) is 3.29. The third-order valence-electron chi connectivity index (χ3n) is 4.51.